The molecule has 7 N–H and O–H groups in total. The maximum absolute atomic E-state index is 14.6. The Morgan fingerprint density at radius 2 is 1.41 bits per heavy atom. The van der Waals surface area contributed by atoms with Crippen molar-refractivity contribution in [2.24, 2.45) is 29.6 Å². The Labute approximate surface area is 775 Å². The van der Waals surface area contributed by atoms with Crippen LogP contribution in [0, 0.1) is 29.6 Å². The molecule has 1 aromatic carbocycles. The zero-order valence-electron chi connectivity index (χ0n) is 77.6. The van der Waals surface area contributed by atoms with Crippen molar-refractivity contribution in [3.05, 3.63) is 149 Å². The predicted octanol–water partition coefficient (Wildman–Crippen LogP) is 9.24. The molecule has 4 fully saturated rings. The number of nitrogens with two attached hydrogens (primary N) is 1. The number of Topliss-reactive ketones (excluding diaryl/α,β-unsaturated/α-hetero) is 3. The van der Waals surface area contributed by atoms with Crippen LogP contribution in [0.15, 0.2) is 121 Å². The number of nitrogens with zero attached hydrogens (tertiary/aromatic N) is 13. The molecule has 0 spiro atoms. The highest BCUT2D eigenvalue weighted by molar-refractivity contribution is 6.39. The molecule has 11 heterocycles. The molecular formula is C97H129N17O19. The number of allylic oxidation sites excluding steroid dienone is 6. The number of H-pyrrole nitrogens is 1. The molecule has 4 amide bonds. The number of cyclic esters (lactones) is 1. The van der Waals surface area contributed by atoms with Crippen LogP contribution in [0.1, 0.15) is 170 Å². The molecule has 6 aliphatic rings. The van der Waals surface area contributed by atoms with Crippen molar-refractivity contribution in [1.29, 1.82) is 0 Å². The van der Waals surface area contributed by atoms with Gasteiger partial charge in [0.25, 0.3) is 17.6 Å². The number of aliphatic hydroxyl groups is 2. The van der Waals surface area contributed by atoms with Crippen LogP contribution < -0.4 is 26.2 Å². The van der Waals surface area contributed by atoms with E-state index in [-0.39, 0.29) is 99.7 Å². The van der Waals surface area contributed by atoms with Gasteiger partial charge in [0.2, 0.25) is 23.6 Å². The summed E-state index contributed by atoms with van der Waals surface area (Å²) in [7, 11) is 2.94. The zero-order valence-corrected chi connectivity index (χ0v) is 77.6. The number of aromatic nitrogens is 10. The summed E-state index contributed by atoms with van der Waals surface area (Å²) >= 11 is 0. The number of piperazine rings is 1. The number of ether oxygens (including phenoxy) is 9. The predicted molar refractivity (Wildman–Crippen MR) is 494 cm³/mol. The number of aliphatic hydroxyl groups excluding tert-OH is 1. The van der Waals surface area contributed by atoms with Gasteiger partial charge in [-0.15, -0.1) is 0 Å². The fraction of sp³-hybridized carbons (Fsp3) is 0.567. The highest BCUT2D eigenvalue weighted by atomic mass is 16.6. The lowest BCUT2D eigenvalue weighted by molar-refractivity contribution is -0.265. The number of carbonyl (C=O) groups is 8. The van der Waals surface area contributed by atoms with Crippen molar-refractivity contribution in [1.82, 2.24) is 70.1 Å². The minimum atomic E-state index is -2.47. The molecule has 1 unspecified atom stereocenters. The minimum Gasteiger partial charge on any atom is -0.460 e. The first-order valence-corrected chi connectivity index (χ1v) is 46.7. The molecule has 13 rings (SSSR count). The topological polar surface area (TPSA) is 447 Å². The maximum Gasteiger partial charge on any atom is 0.407 e. The van der Waals surface area contributed by atoms with E-state index in [0.29, 0.717) is 207 Å². The first kappa shape index (κ1) is 99.3. The molecule has 36 nitrogen and oxygen atoms in total. The monoisotopic (exact) mass is 1840 g/mol. The third-order valence-electron chi connectivity index (χ3n) is 26.2. The summed E-state index contributed by atoms with van der Waals surface area (Å²) in [5.74, 6) is -6.89. The van der Waals surface area contributed by atoms with Crippen LogP contribution in [0.5, 0.6) is 0 Å². The molecule has 11 atom stereocenters. The molecule has 1 saturated carbocycles. The molecule has 36 heteroatoms. The smallest absolute Gasteiger partial charge is 0.407 e. The number of benzene rings is 1. The number of pyridine rings is 1. The molecule has 133 heavy (non-hydrogen) atoms. The first-order valence-electron chi connectivity index (χ1n) is 46.7. The maximum atomic E-state index is 14.6. The number of rotatable bonds is 29. The molecule has 716 valence electrons. The molecule has 1 aliphatic carbocycles. The lowest BCUT2D eigenvalue weighted by Gasteiger charge is -2.42. The Bertz CT molecular complexity index is 5240. The van der Waals surface area contributed by atoms with Crippen LogP contribution in [-0.2, 0) is 97.5 Å². The van der Waals surface area contributed by atoms with Gasteiger partial charge in [0, 0.05) is 157 Å². The largest absolute Gasteiger partial charge is 0.460 e. The van der Waals surface area contributed by atoms with Gasteiger partial charge in [-0.2, -0.15) is 5.10 Å². The van der Waals surface area contributed by atoms with Crippen LogP contribution in [-0.4, -0.2) is 278 Å². The number of hydrogen-bond donors (Lipinski definition) is 6. The average molecular weight is 1840 g/mol. The lowest BCUT2D eigenvalue weighted by Crippen LogP contribution is -2.60. The van der Waals surface area contributed by atoms with E-state index in [4.69, 9.17) is 53.5 Å². The summed E-state index contributed by atoms with van der Waals surface area (Å²) in [6.45, 7) is 17.8. The number of amides is 4. The van der Waals surface area contributed by atoms with E-state index in [9.17, 15) is 48.6 Å². The van der Waals surface area contributed by atoms with E-state index < -0.39 is 83.9 Å². The van der Waals surface area contributed by atoms with E-state index in [1.807, 2.05) is 81.9 Å². The van der Waals surface area contributed by atoms with Crippen molar-refractivity contribution < 1.29 is 91.2 Å². The van der Waals surface area contributed by atoms with Gasteiger partial charge < -0.3 is 93.8 Å². The minimum absolute atomic E-state index is 0.0155. The number of carbonyl (C=O) groups excluding carboxylic acids is 8. The number of alkyl carbamates (subject to hydrolysis) is 1. The van der Waals surface area contributed by atoms with Crippen molar-refractivity contribution in [2.75, 3.05) is 128 Å². The number of aromatic amines is 1. The Morgan fingerprint density at radius 1 is 0.699 bits per heavy atom. The number of methoxy groups -OCH3 is 2. The third kappa shape index (κ3) is 26.7. The fourth-order valence-electron chi connectivity index (χ4n) is 18.2. The van der Waals surface area contributed by atoms with Crippen molar-refractivity contribution in [2.45, 2.75) is 212 Å². The molecular weight excluding hydrogens is 1710 g/mol. The summed E-state index contributed by atoms with van der Waals surface area (Å²) in [5, 5.41) is 36.0. The average Bonchev–Trinajstić information content (AvgIpc) is 1.43. The van der Waals surface area contributed by atoms with Gasteiger partial charge in [-0.25, -0.2) is 49.2 Å². The summed E-state index contributed by atoms with van der Waals surface area (Å²) in [6, 6.07) is 9.13. The van der Waals surface area contributed by atoms with Gasteiger partial charge in [0.05, 0.1) is 89.0 Å². The van der Waals surface area contributed by atoms with E-state index >= 15 is 0 Å². The standard InChI is InChI=1S/C97H129N17O19/c1-61-14-10-9-11-15-62(2)80(125-7)51-77-23-17-66(6)97(124,133-77)87(119)92(121)113-32-13-12-16-78(113)93(122)131-76(50-79(115)63(3)47-65(5)85(118)86(126-8)84(117)64(4)46-61)26-21-67-19-24-75(25-20-67)132-96(123)106-54-69-52-102-94(103-53-69)110-34-36-111(37-35-110)95-104-56-74(57-105-95)91(120)100-31-39-128-41-43-130-45-44-129-42-40-127-38-29-81(116)112-33-28-70-48-68(18-22-72(70)59-112)58-114-90-82(88(98)107-60-108-90)83(109-114)73-49-71-27-30-99-89(71)101-55-73/h9-11,14-15,18,22,27,30,47-49,52-53,55-57,60-61,63-64,66-67,75-78,80,85-86,118,124H,12-13,16-17,19-21,23-26,28-29,31-46,50-51,54,58-59H2,1-8H3,(H,99,101)(H,100,120)(H,106,123)(H2,98,107,108)/b11-9?,14-10+,62-15?,65-47+/t61-,63-,64-,66-,67?,75?,76-,77?,78+,80+,85-,86+,97-/m1/s1. The second kappa shape index (κ2) is 48.1. The van der Waals surface area contributed by atoms with Crippen LogP contribution >= 0.6 is 0 Å². The Hall–Kier alpha value is -11.2. The SMILES string of the molecule is CO[C@H]1CC2CC[C@@H](C)[C@@](O)(O2)C(=O)C(=O)N2CCCC[C@H]2C(=O)O[C@H](CCC2CCC(OC(=O)NCc3cnc(N4CCN(c5ncc(C(=O)NCCOCCOCCOCCOCCC(=O)N6CCc7cc(Cn8nc(-c9cnc%10[nH]ccc%10c9)c9c(N)ncnc98)ccc7C6)cn5)CC4)nc3)CC2)CC(=O)[C@H](C)/C=C(\C)[C@@H](O)[C@@H](OC)C(=O)[C@H](C)C[C@H](C)/C=C/C=CC=C1C. The van der Waals surface area contributed by atoms with Gasteiger partial charge in [0.1, 0.15) is 59.7 Å². The second-order valence-electron chi connectivity index (χ2n) is 35.8. The van der Waals surface area contributed by atoms with E-state index in [1.54, 1.807) is 59.5 Å². The highest BCUT2D eigenvalue weighted by Gasteiger charge is 2.53. The number of piperidine rings is 1. The van der Waals surface area contributed by atoms with Gasteiger partial charge in [-0.3, -0.25) is 28.8 Å². The summed E-state index contributed by atoms with van der Waals surface area (Å²) in [4.78, 5) is 153. The lowest BCUT2D eigenvalue weighted by atomic mass is 9.83. The number of ketones is 3. The van der Waals surface area contributed by atoms with E-state index in [1.165, 1.54) is 36.3 Å². The third-order valence-corrected chi connectivity index (χ3v) is 26.2. The molecule has 6 aromatic heterocycles. The van der Waals surface area contributed by atoms with Gasteiger partial charge >= 0.3 is 12.1 Å². The number of anilines is 3. The fourth-order valence-corrected chi connectivity index (χ4v) is 18.2. The van der Waals surface area contributed by atoms with Crippen LogP contribution in [0.25, 0.3) is 33.3 Å². The molecule has 5 aliphatic heterocycles. The van der Waals surface area contributed by atoms with Crippen LogP contribution in [0.3, 0.4) is 0 Å². The van der Waals surface area contributed by atoms with Gasteiger partial charge in [-0.05, 0) is 149 Å². The molecule has 3 saturated heterocycles. The van der Waals surface area contributed by atoms with Crippen molar-refractivity contribution in [3.63, 3.8) is 0 Å². The van der Waals surface area contributed by atoms with Crippen molar-refractivity contribution in [3.8, 4) is 11.3 Å². The zero-order chi connectivity index (χ0) is 94.1. The highest BCUT2D eigenvalue weighted by Crippen LogP contribution is 2.39. The normalized spacial score (nSPS) is 25.5. The molecule has 0 radical (unpaired) electrons. The Kier molecular flexibility index (Phi) is 35.9. The number of nitrogen functional groups attached to an aromatic ring is 1. The van der Waals surface area contributed by atoms with Gasteiger partial charge in [0.15, 0.2) is 11.4 Å². The molecule has 2 bridgehead atoms. The second-order valence-corrected chi connectivity index (χ2v) is 35.8. The summed E-state index contributed by atoms with van der Waals surface area (Å²) < 4.78 is 54.4. The number of nitrogens with one attached hydrogen (secondary N) is 3. The van der Waals surface area contributed by atoms with E-state index in [2.05, 4.69) is 68.7 Å². The number of hydrogen-bond acceptors (Lipinski definition) is 30. The Morgan fingerprint density at radius 3 is 2.12 bits per heavy atom. The summed E-state index contributed by atoms with van der Waals surface area (Å²) in [5.41, 5.74) is 14.9. The quantitative estimate of drug-likeness (QED) is 0.0110. The molecule has 7 aromatic rings. The summed E-state index contributed by atoms with van der Waals surface area (Å²) in [6.07, 6.45) is 24.0. The number of esters is 1. The first-order chi connectivity index (χ1) is 64.3. The van der Waals surface area contributed by atoms with Crippen molar-refractivity contribution >= 4 is 86.9 Å². The van der Waals surface area contributed by atoms with E-state index in [0.717, 1.165) is 39.7 Å². The number of fused-ring (bicyclic) bond motifs is 6. The van der Waals surface area contributed by atoms with Crippen LogP contribution in [0.2, 0.25) is 0 Å². The van der Waals surface area contributed by atoms with Crippen LogP contribution in [0.4, 0.5) is 22.5 Å². The Balaban J connectivity index is 0.480. The van der Waals surface area contributed by atoms with Gasteiger partial charge in [-0.1, -0.05) is 82.4 Å².